The molecular weight excluding hydrogens is 312 g/mol. The van der Waals surface area contributed by atoms with Gasteiger partial charge in [0.2, 0.25) is 0 Å². The summed E-state index contributed by atoms with van der Waals surface area (Å²) in [6.45, 7) is 0. The van der Waals surface area contributed by atoms with Crippen molar-refractivity contribution >= 4 is 5.78 Å². The maximum atomic E-state index is 12.7. The molecule has 0 unspecified atom stereocenters. The van der Waals surface area contributed by atoms with Crippen LogP contribution >= 0.6 is 0 Å². The SMILES string of the molecule is [N-]=[N+]=NC(F)(F)C(F)(F)C(=O)C(F)(F)C(F)(F)N=[N+]=[N-]. The van der Waals surface area contributed by atoms with Crippen molar-refractivity contribution in [3.8, 4) is 0 Å². The van der Waals surface area contributed by atoms with Gasteiger partial charge in [0, 0.05) is 9.82 Å². The van der Waals surface area contributed by atoms with Crippen LogP contribution in [-0.4, -0.2) is 29.7 Å². The fraction of sp³-hybridized carbons (Fsp3) is 0.800. The number of carbonyl (C=O) groups is 1. The third-order valence-corrected chi connectivity index (χ3v) is 1.67. The molecule has 0 atom stereocenters. The lowest BCUT2D eigenvalue weighted by Gasteiger charge is -2.27. The fourth-order valence-electron chi connectivity index (χ4n) is 0.708. The van der Waals surface area contributed by atoms with E-state index >= 15 is 0 Å². The van der Waals surface area contributed by atoms with Crippen LogP contribution in [0.1, 0.15) is 0 Å². The van der Waals surface area contributed by atoms with E-state index < -0.39 is 29.7 Å². The number of hydrogen-bond acceptors (Lipinski definition) is 3. The van der Waals surface area contributed by atoms with Crippen molar-refractivity contribution in [3.05, 3.63) is 20.9 Å². The molecule has 0 fully saturated rings. The Bertz CT molecular complexity index is 459. The molecule has 20 heavy (non-hydrogen) atoms. The van der Waals surface area contributed by atoms with Gasteiger partial charge in [-0.25, -0.2) is 0 Å². The van der Waals surface area contributed by atoms with Gasteiger partial charge in [0.25, 0.3) is 5.78 Å². The molecule has 15 heteroatoms. The number of carbonyl (C=O) groups excluding carboxylic acids is 1. The van der Waals surface area contributed by atoms with Crippen LogP contribution in [0.4, 0.5) is 35.1 Å². The first kappa shape index (κ1) is 17.7. The molecule has 0 heterocycles. The zero-order valence-corrected chi connectivity index (χ0v) is 8.62. The van der Waals surface area contributed by atoms with Gasteiger partial charge >= 0.3 is 23.9 Å². The van der Waals surface area contributed by atoms with E-state index in [9.17, 15) is 39.9 Å². The third-order valence-electron chi connectivity index (χ3n) is 1.67. The highest BCUT2D eigenvalue weighted by Crippen LogP contribution is 2.45. The molecule has 0 spiro atoms. The zero-order chi connectivity index (χ0) is 16.4. The Balaban J connectivity index is 5.88. The molecule has 0 amide bonds. The van der Waals surface area contributed by atoms with Crippen molar-refractivity contribution in [2.45, 2.75) is 23.9 Å². The largest absolute Gasteiger partial charge is 0.395 e. The van der Waals surface area contributed by atoms with Crippen molar-refractivity contribution in [3.63, 3.8) is 0 Å². The van der Waals surface area contributed by atoms with Gasteiger partial charge < -0.3 is 0 Å². The highest BCUT2D eigenvalue weighted by molar-refractivity contribution is 5.93. The number of alkyl halides is 8. The first-order valence-electron chi connectivity index (χ1n) is 3.96. The summed E-state index contributed by atoms with van der Waals surface area (Å²) in [6.07, 6.45) is 0. The summed E-state index contributed by atoms with van der Waals surface area (Å²) in [5.74, 6) is -17.2. The van der Waals surface area contributed by atoms with E-state index in [1.165, 1.54) is 9.82 Å². The summed E-state index contributed by atoms with van der Waals surface area (Å²) in [7, 11) is 0. The van der Waals surface area contributed by atoms with Gasteiger partial charge in [-0.3, -0.25) is 4.79 Å². The Morgan fingerprint density at radius 2 is 1.00 bits per heavy atom. The lowest BCUT2D eigenvalue weighted by molar-refractivity contribution is -0.250. The minimum Gasteiger partial charge on any atom is -0.286 e. The molecule has 0 radical (unpaired) electrons. The van der Waals surface area contributed by atoms with Gasteiger partial charge in [-0.05, 0) is 21.3 Å². The predicted molar refractivity (Wildman–Crippen MR) is 43.1 cm³/mol. The van der Waals surface area contributed by atoms with Crippen molar-refractivity contribution < 1.29 is 39.9 Å². The predicted octanol–water partition coefficient (Wildman–Crippen LogP) is 3.63. The Hall–Kier alpha value is -2.27. The quantitative estimate of drug-likeness (QED) is 0.241. The highest BCUT2D eigenvalue weighted by Gasteiger charge is 2.74. The summed E-state index contributed by atoms with van der Waals surface area (Å²) >= 11 is 0. The monoisotopic (exact) mass is 312 g/mol. The van der Waals surface area contributed by atoms with Gasteiger partial charge in [-0.2, -0.15) is 35.1 Å². The molecule has 7 nitrogen and oxygen atoms in total. The Kier molecular flexibility index (Phi) is 4.45. The second-order valence-corrected chi connectivity index (χ2v) is 2.94. The van der Waals surface area contributed by atoms with Crippen molar-refractivity contribution in [1.82, 2.24) is 0 Å². The summed E-state index contributed by atoms with van der Waals surface area (Å²) in [6, 6.07) is -12.1. The topological polar surface area (TPSA) is 115 Å². The van der Waals surface area contributed by atoms with E-state index in [0.717, 1.165) is 10.2 Å². The third kappa shape index (κ3) is 2.67. The maximum absolute atomic E-state index is 12.7. The number of halogens is 8. The molecular formula is C5F8N6O. The number of Topliss-reactive ketones (excluding diaryl/α,β-unsaturated/α-hetero) is 1. The highest BCUT2D eigenvalue weighted by atomic mass is 19.3. The fourth-order valence-corrected chi connectivity index (χ4v) is 0.708. The zero-order valence-electron chi connectivity index (χ0n) is 8.62. The average molecular weight is 312 g/mol. The summed E-state index contributed by atoms with van der Waals surface area (Å²) in [5.41, 5.74) is 15.1. The smallest absolute Gasteiger partial charge is 0.286 e. The van der Waals surface area contributed by atoms with Crippen LogP contribution in [0.25, 0.3) is 20.9 Å². The number of ketones is 1. The van der Waals surface area contributed by atoms with E-state index in [2.05, 4.69) is 0 Å². The van der Waals surface area contributed by atoms with Gasteiger partial charge in [-0.15, -0.1) is 0 Å². The maximum Gasteiger partial charge on any atom is 0.395 e. The molecule has 0 saturated carbocycles. The molecule has 0 bridgehead atoms. The second-order valence-electron chi connectivity index (χ2n) is 2.94. The second kappa shape index (κ2) is 5.02. The van der Waals surface area contributed by atoms with Crippen LogP contribution < -0.4 is 0 Å². The van der Waals surface area contributed by atoms with Crippen molar-refractivity contribution in [2.75, 3.05) is 0 Å². The van der Waals surface area contributed by atoms with Gasteiger partial charge in [-0.1, -0.05) is 0 Å². The molecule has 112 valence electrons. The molecule has 0 aromatic heterocycles. The number of hydrogen-bond donors (Lipinski definition) is 0. The van der Waals surface area contributed by atoms with E-state index in [-0.39, 0.29) is 0 Å². The minimum absolute atomic E-state index is 1.09. The minimum atomic E-state index is -6.46. The van der Waals surface area contributed by atoms with Crippen molar-refractivity contribution in [2.24, 2.45) is 10.2 Å². The lowest BCUT2D eigenvalue weighted by Crippen LogP contribution is -2.58. The van der Waals surface area contributed by atoms with Crippen molar-refractivity contribution in [1.29, 1.82) is 0 Å². The van der Waals surface area contributed by atoms with E-state index in [1.807, 2.05) is 0 Å². The van der Waals surface area contributed by atoms with E-state index in [4.69, 9.17) is 11.1 Å². The molecule has 0 saturated heterocycles. The normalized spacial score (nSPS) is 13.2. The first-order chi connectivity index (χ1) is 8.78. The molecule has 0 aromatic carbocycles. The molecule has 0 aliphatic heterocycles. The van der Waals surface area contributed by atoms with Crippen LogP contribution in [0, 0.1) is 0 Å². The summed E-state index contributed by atoms with van der Waals surface area (Å²) in [5, 5.41) is 2.17. The molecule has 0 aliphatic carbocycles. The van der Waals surface area contributed by atoms with Gasteiger partial charge in [0.15, 0.2) is 0 Å². The Labute approximate surface area is 102 Å². The van der Waals surface area contributed by atoms with Crippen LogP contribution in [0.2, 0.25) is 0 Å². The number of rotatable bonds is 6. The Morgan fingerprint density at radius 3 is 1.20 bits per heavy atom. The van der Waals surface area contributed by atoms with Crippen LogP contribution in [0.5, 0.6) is 0 Å². The van der Waals surface area contributed by atoms with Gasteiger partial charge in [0.05, 0.1) is 0 Å². The molecule has 0 aromatic rings. The molecule has 0 N–H and O–H groups in total. The Morgan fingerprint density at radius 1 is 0.750 bits per heavy atom. The molecule has 0 rings (SSSR count). The number of azide groups is 2. The number of nitrogens with zero attached hydrogens (tertiary/aromatic N) is 6. The summed E-state index contributed by atoms with van der Waals surface area (Å²) < 4.78 is 101. The molecule has 0 aliphatic rings. The van der Waals surface area contributed by atoms with Crippen LogP contribution in [-0.2, 0) is 4.79 Å². The van der Waals surface area contributed by atoms with E-state index in [0.29, 0.717) is 0 Å². The standard InChI is InChI=1S/C5F8N6O/c6-2(7,4(10,11)16-18-14)1(20)3(8,9)5(12,13)17-19-15. The van der Waals surface area contributed by atoms with Crippen LogP contribution in [0.15, 0.2) is 10.2 Å². The van der Waals surface area contributed by atoms with Crippen LogP contribution in [0.3, 0.4) is 0 Å². The average Bonchev–Trinajstić information content (AvgIpc) is 2.27. The van der Waals surface area contributed by atoms with E-state index in [1.54, 1.807) is 0 Å². The van der Waals surface area contributed by atoms with Gasteiger partial charge in [0.1, 0.15) is 0 Å². The lowest BCUT2D eigenvalue weighted by atomic mass is 10.0. The first-order valence-corrected chi connectivity index (χ1v) is 3.96. The summed E-state index contributed by atoms with van der Waals surface area (Å²) in [4.78, 5) is 12.8.